The summed E-state index contributed by atoms with van der Waals surface area (Å²) < 4.78 is 24.8. The molecule has 1 N–H and O–H groups in total. The topological polar surface area (TPSA) is 46.2 Å². The molecule has 70 valence electrons. The van der Waals surface area contributed by atoms with Crippen LogP contribution in [0.25, 0.3) is 0 Å². The number of hydrogen-bond donors (Lipinski definition) is 1. The third kappa shape index (κ3) is 1.85. The van der Waals surface area contributed by atoms with Gasteiger partial charge in [0, 0.05) is 11.6 Å². The monoisotopic (exact) mass is 217 g/mol. The van der Waals surface area contributed by atoms with Gasteiger partial charge >= 0.3 is 0 Å². The van der Waals surface area contributed by atoms with Gasteiger partial charge in [-0.05, 0) is 23.3 Å². The van der Waals surface area contributed by atoms with Crippen molar-refractivity contribution in [2.45, 2.75) is 12.3 Å². The molecular weight excluding hydrogens is 210 g/mol. The average Bonchev–Trinajstić information content (AvgIpc) is 2.01. The smallest absolute Gasteiger partial charge is 0.212 e. The van der Waals surface area contributed by atoms with Gasteiger partial charge in [0.25, 0.3) is 0 Å². The fourth-order valence-electron chi connectivity index (χ4n) is 1.34. The number of hydrogen-bond acceptors (Lipinski definition) is 2. The van der Waals surface area contributed by atoms with Gasteiger partial charge in [0.1, 0.15) is 0 Å². The first-order chi connectivity index (χ1) is 6.07. The second kappa shape index (κ2) is 2.97. The molecule has 0 aliphatic carbocycles. The van der Waals surface area contributed by atoms with E-state index in [1.54, 1.807) is 12.1 Å². The van der Waals surface area contributed by atoms with E-state index in [2.05, 4.69) is 4.72 Å². The Kier molecular flexibility index (Phi) is 2.06. The second-order valence-electron chi connectivity index (χ2n) is 2.99. The van der Waals surface area contributed by atoms with Crippen LogP contribution in [0, 0.1) is 0 Å². The van der Waals surface area contributed by atoms with Crippen LogP contribution in [0.4, 0.5) is 0 Å². The van der Waals surface area contributed by atoms with Gasteiger partial charge in [0.2, 0.25) is 10.0 Å². The third-order valence-electron chi connectivity index (χ3n) is 2.00. The van der Waals surface area contributed by atoms with E-state index in [0.29, 0.717) is 11.6 Å². The minimum absolute atomic E-state index is 0.0306. The molecule has 1 aliphatic rings. The molecule has 0 bridgehead atoms. The molecule has 3 nitrogen and oxygen atoms in total. The van der Waals surface area contributed by atoms with Crippen LogP contribution in [0.15, 0.2) is 18.2 Å². The summed E-state index contributed by atoms with van der Waals surface area (Å²) in [4.78, 5) is 0. The summed E-state index contributed by atoms with van der Waals surface area (Å²) >= 11 is 5.75. The largest absolute Gasteiger partial charge is 0.216 e. The Hall–Kier alpha value is -0.580. The van der Waals surface area contributed by atoms with Crippen molar-refractivity contribution in [3.63, 3.8) is 0 Å². The van der Waals surface area contributed by atoms with Gasteiger partial charge in [0.15, 0.2) is 0 Å². The maximum absolute atomic E-state index is 11.2. The molecule has 13 heavy (non-hydrogen) atoms. The molecule has 0 unspecified atom stereocenters. The van der Waals surface area contributed by atoms with E-state index in [1.165, 1.54) is 0 Å². The predicted molar refractivity (Wildman–Crippen MR) is 50.9 cm³/mol. The molecule has 0 aromatic heterocycles. The standard InChI is InChI=1S/C8H8ClNO2S/c9-8-2-1-6-4-10-13(11,12)5-7(6)3-8/h1-3,10H,4-5H2. The Morgan fingerprint density at radius 3 is 2.85 bits per heavy atom. The summed E-state index contributed by atoms with van der Waals surface area (Å²) in [6.07, 6.45) is 0. The predicted octanol–water partition coefficient (Wildman–Crippen LogP) is 1.27. The molecule has 0 saturated heterocycles. The maximum Gasteiger partial charge on any atom is 0.216 e. The SMILES string of the molecule is O=S1(=O)Cc2cc(Cl)ccc2CN1. The van der Waals surface area contributed by atoms with Crippen molar-refractivity contribution in [1.29, 1.82) is 0 Å². The lowest BCUT2D eigenvalue weighted by Crippen LogP contribution is -2.30. The van der Waals surface area contributed by atoms with Crippen LogP contribution in [0.1, 0.15) is 11.1 Å². The summed E-state index contributed by atoms with van der Waals surface area (Å²) in [5.74, 6) is 0.0306. The first-order valence-electron chi connectivity index (χ1n) is 3.81. The van der Waals surface area contributed by atoms with Crippen molar-refractivity contribution < 1.29 is 8.42 Å². The Balaban J connectivity index is 2.50. The Morgan fingerprint density at radius 2 is 2.08 bits per heavy atom. The van der Waals surface area contributed by atoms with Crippen molar-refractivity contribution in [3.8, 4) is 0 Å². The average molecular weight is 218 g/mol. The zero-order valence-electron chi connectivity index (χ0n) is 6.75. The fraction of sp³-hybridized carbons (Fsp3) is 0.250. The number of fused-ring (bicyclic) bond motifs is 1. The van der Waals surface area contributed by atoms with Crippen molar-refractivity contribution in [2.24, 2.45) is 0 Å². The Bertz CT molecular complexity index is 441. The van der Waals surface area contributed by atoms with Crippen molar-refractivity contribution >= 4 is 21.6 Å². The molecule has 0 fully saturated rings. The summed E-state index contributed by atoms with van der Waals surface area (Å²) in [6.45, 7) is 0.370. The summed E-state index contributed by atoms with van der Waals surface area (Å²) in [7, 11) is -3.12. The molecule has 0 amide bonds. The van der Waals surface area contributed by atoms with Crippen LogP contribution in [0.3, 0.4) is 0 Å². The normalized spacial score (nSPS) is 19.5. The number of benzene rings is 1. The molecular formula is C8H8ClNO2S. The molecule has 0 atom stereocenters. The van der Waals surface area contributed by atoms with E-state index < -0.39 is 10.0 Å². The number of halogens is 1. The lowest BCUT2D eigenvalue weighted by atomic mass is 10.1. The third-order valence-corrected chi connectivity index (χ3v) is 3.51. The van der Waals surface area contributed by atoms with Crippen LogP contribution in [0.5, 0.6) is 0 Å². The lowest BCUT2D eigenvalue weighted by molar-refractivity contribution is 0.575. The van der Waals surface area contributed by atoms with Gasteiger partial charge in [-0.25, -0.2) is 13.1 Å². The highest BCUT2D eigenvalue weighted by Gasteiger charge is 2.19. The summed E-state index contributed by atoms with van der Waals surface area (Å²) in [6, 6.07) is 5.31. The van der Waals surface area contributed by atoms with Gasteiger partial charge in [-0.2, -0.15) is 0 Å². The number of sulfonamides is 1. The van der Waals surface area contributed by atoms with E-state index in [9.17, 15) is 8.42 Å². The van der Waals surface area contributed by atoms with E-state index in [0.717, 1.165) is 11.1 Å². The first kappa shape index (κ1) is 8.99. The van der Waals surface area contributed by atoms with Crippen molar-refractivity contribution in [2.75, 3.05) is 0 Å². The maximum atomic E-state index is 11.2. The van der Waals surface area contributed by atoms with E-state index in [-0.39, 0.29) is 5.75 Å². The van der Waals surface area contributed by atoms with Crippen LogP contribution in [0.2, 0.25) is 5.02 Å². The first-order valence-corrected chi connectivity index (χ1v) is 5.84. The van der Waals surface area contributed by atoms with Gasteiger partial charge in [-0.15, -0.1) is 0 Å². The van der Waals surface area contributed by atoms with Crippen molar-refractivity contribution in [3.05, 3.63) is 34.3 Å². The van der Waals surface area contributed by atoms with E-state index in [4.69, 9.17) is 11.6 Å². The highest BCUT2D eigenvalue weighted by molar-refractivity contribution is 7.88. The molecule has 1 aliphatic heterocycles. The van der Waals surface area contributed by atoms with Gasteiger partial charge < -0.3 is 0 Å². The Morgan fingerprint density at radius 1 is 1.31 bits per heavy atom. The van der Waals surface area contributed by atoms with Crippen LogP contribution < -0.4 is 4.72 Å². The molecule has 1 aromatic rings. The summed E-state index contributed by atoms with van der Waals surface area (Å²) in [5, 5.41) is 0.579. The van der Waals surface area contributed by atoms with E-state index >= 15 is 0 Å². The van der Waals surface area contributed by atoms with E-state index in [1.807, 2.05) is 6.07 Å². The highest BCUT2D eigenvalue weighted by Crippen LogP contribution is 2.21. The molecule has 5 heteroatoms. The quantitative estimate of drug-likeness (QED) is 0.712. The van der Waals surface area contributed by atoms with Crippen LogP contribution in [-0.4, -0.2) is 8.42 Å². The molecule has 0 saturated carbocycles. The Labute approximate surface area is 81.8 Å². The van der Waals surface area contributed by atoms with Gasteiger partial charge in [-0.1, -0.05) is 17.7 Å². The van der Waals surface area contributed by atoms with Crippen LogP contribution >= 0.6 is 11.6 Å². The lowest BCUT2D eigenvalue weighted by Gasteiger charge is -2.17. The summed E-state index contributed by atoms with van der Waals surface area (Å²) in [5.41, 5.74) is 1.80. The molecule has 1 heterocycles. The van der Waals surface area contributed by atoms with Crippen LogP contribution in [-0.2, 0) is 22.3 Å². The molecule has 2 rings (SSSR count). The fourth-order valence-corrected chi connectivity index (χ4v) is 2.70. The number of rotatable bonds is 0. The zero-order chi connectivity index (χ0) is 9.47. The van der Waals surface area contributed by atoms with Gasteiger partial charge in [-0.3, -0.25) is 0 Å². The highest BCUT2D eigenvalue weighted by atomic mass is 35.5. The number of nitrogens with one attached hydrogen (secondary N) is 1. The van der Waals surface area contributed by atoms with Crippen molar-refractivity contribution in [1.82, 2.24) is 4.72 Å². The molecule has 0 radical (unpaired) electrons. The molecule has 0 spiro atoms. The molecule has 1 aromatic carbocycles. The van der Waals surface area contributed by atoms with Gasteiger partial charge in [0.05, 0.1) is 5.75 Å². The minimum atomic E-state index is -3.12. The zero-order valence-corrected chi connectivity index (χ0v) is 8.32. The second-order valence-corrected chi connectivity index (χ2v) is 5.24. The minimum Gasteiger partial charge on any atom is -0.212 e.